The summed E-state index contributed by atoms with van der Waals surface area (Å²) in [6.07, 6.45) is 2.27. The molecule has 1 aromatic heterocycles. The molecule has 1 heterocycles. The van der Waals surface area contributed by atoms with Crippen LogP contribution in [-0.4, -0.2) is 10.2 Å². The second-order valence-corrected chi connectivity index (χ2v) is 1.52. The number of hydrogen-bond acceptors (Lipinski definition) is 2. The van der Waals surface area contributed by atoms with Gasteiger partial charge in [0.05, 0.1) is 5.02 Å². The summed E-state index contributed by atoms with van der Waals surface area (Å²) in [6.45, 7) is 0. The van der Waals surface area contributed by atoms with Crippen molar-refractivity contribution in [1.82, 2.24) is 10.2 Å². The van der Waals surface area contributed by atoms with Crippen molar-refractivity contribution in [2.75, 3.05) is 0 Å². The van der Waals surface area contributed by atoms with Crippen molar-refractivity contribution in [1.29, 1.82) is 0 Å². The van der Waals surface area contributed by atoms with Crippen LogP contribution in [0.25, 0.3) is 0 Å². The maximum atomic E-state index is 12.0. The first-order valence-electron chi connectivity index (χ1n) is 1.85. The molecular formula is C4HClFN2. The average Bonchev–Trinajstić information content (AvgIpc) is 1.77. The number of hydrogen-bond donors (Lipinski definition) is 0. The lowest BCUT2D eigenvalue weighted by Crippen LogP contribution is -1.85. The highest BCUT2D eigenvalue weighted by Gasteiger charge is 1.95. The Morgan fingerprint density at radius 1 is 1.75 bits per heavy atom. The van der Waals surface area contributed by atoms with Crippen molar-refractivity contribution >= 4 is 11.6 Å². The van der Waals surface area contributed by atoms with Crippen LogP contribution in [-0.2, 0) is 0 Å². The quantitative estimate of drug-likeness (QED) is 0.526. The van der Waals surface area contributed by atoms with Crippen LogP contribution < -0.4 is 0 Å². The molecule has 0 aliphatic carbocycles. The van der Waals surface area contributed by atoms with E-state index in [0.717, 1.165) is 0 Å². The summed E-state index contributed by atoms with van der Waals surface area (Å²) in [7, 11) is 0. The highest BCUT2D eigenvalue weighted by Crippen LogP contribution is 2.06. The molecule has 8 heavy (non-hydrogen) atoms. The molecule has 0 unspecified atom stereocenters. The summed E-state index contributed by atoms with van der Waals surface area (Å²) in [5, 5.41) is 6.03. The standard InChI is InChI=1S/C4HClFN2/c5-3-1-2-7-8-4(3)6/h1H. The molecule has 0 N–H and O–H groups in total. The fourth-order valence-corrected chi connectivity index (χ4v) is 0.352. The largest absolute Gasteiger partial charge is 0.251 e. The minimum absolute atomic E-state index is 0.0556. The van der Waals surface area contributed by atoms with E-state index in [1.54, 1.807) is 0 Å². The van der Waals surface area contributed by atoms with Gasteiger partial charge in [0.2, 0.25) is 0 Å². The van der Waals surface area contributed by atoms with Gasteiger partial charge in [0.15, 0.2) is 0 Å². The molecule has 0 aliphatic rings. The molecule has 1 radical (unpaired) electrons. The Morgan fingerprint density at radius 2 is 2.50 bits per heavy atom. The fraction of sp³-hybridized carbons (Fsp3) is 0. The van der Waals surface area contributed by atoms with E-state index >= 15 is 0 Å². The maximum absolute atomic E-state index is 12.0. The monoisotopic (exact) mass is 131 g/mol. The minimum atomic E-state index is -0.759. The molecule has 0 saturated carbocycles. The Bertz CT molecular complexity index is 170. The lowest BCUT2D eigenvalue weighted by atomic mass is 10.6. The first-order chi connectivity index (χ1) is 3.80. The molecule has 0 saturated heterocycles. The van der Waals surface area contributed by atoms with Crippen LogP contribution >= 0.6 is 11.6 Å². The molecule has 0 aromatic carbocycles. The summed E-state index contributed by atoms with van der Waals surface area (Å²) >= 11 is 5.20. The van der Waals surface area contributed by atoms with Gasteiger partial charge >= 0.3 is 0 Å². The molecule has 0 fully saturated rings. The predicted octanol–water partition coefficient (Wildman–Crippen LogP) is 1.07. The Hall–Kier alpha value is -0.700. The van der Waals surface area contributed by atoms with Crippen LogP contribution in [0, 0.1) is 12.1 Å². The normalized spacial score (nSPS) is 9.25. The van der Waals surface area contributed by atoms with Gasteiger partial charge in [0.25, 0.3) is 5.95 Å². The molecule has 0 atom stereocenters. The minimum Gasteiger partial charge on any atom is -0.181 e. The van der Waals surface area contributed by atoms with Crippen LogP contribution in [0.3, 0.4) is 0 Å². The molecule has 1 aromatic rings. The van der Waals surface area contributed by atoms with E-state index in [1.807, 2.05) is 0 Å². The number of rotatable bonds is 0. The predicted molar refractivity (Wildman–Crippen MR) is 25.8 cm³/mol. The second-order valence-electron chi connectivity index (χ2n) is 1.11. The number of aromatic nitrogens is 2. The molecule has 0 spiro atoms. The van der Waals surface area contributed by atoms with Crippen molar-refractivity contribution in [3.8, 4) is 0 Å². The van der Waals surface area contributed by atoms with Crippen LogP contribution in [0.1, 0.15) is 0 Å². The molecule has 2 nitrogen and oxygen atoms in total. The van der Waals surface area contributed by atoms with E-state index < -0.39 is 5.95 Å². The van der Waals surface area contributed by atoms with Gasteiger partial charge in [-0.3, -0.25) is 0 Å². The third-order valence-electron chi connectivity index (χ3n) is 0.584. The lowest BCUT2D eigenvalue weighted by molar-refractivity contribution is 0.563. The molecule has 41 valence electrons. The topological polar surface area (TPSA) is 25.8 Å². The Morgan fingerprint density at radius 3 is 2.88 bits per heavy atom. The fourth-order valence-electron chi connectivity index (χ4n) is 0.266. The summed E-state index contributed by atoms with van der Waals surface area (Å²) in [6, 6.07) is 1.21. The van der Waals surface area contributed by atoms with Gasteiger partial charge in [-0.1, -0.05) is 11.6 Å². The molecule has 0 aliphatic heterocycles. The summed E-state index contributed by atoms with van der Waals surface area (Å²) in [5.41, 5.74) is 0. The summed E-state index contributed by atoms with van der Waals surface area (Å²) in [4.78, 5) is 0. The zero-order valence-corrected chi connectivity index (χ0v) is 4.48. The third-order valence-corrected chi connectivity index (χ3v) is 0.849. The SMILES string of the molecule is Fc1nn[c]cc1Cl. The van der Waals surface area contributed by atoms with Gasteiger partial charge in [-0.2, -0.15) is 4.39 Å². The summed E-state index contributed by atoms with van der Waals surface area (Å²) in [5.74, 6) is -0.759. The van der Waals surface area contributed by atoms with E-state index in [2.05, 4.69) is 16.4 Å². The van der Waals surface area contributed by atoms with E-state index in [1.165, 1.54) is 6.07 Å². The average molecular weight is 132 g/mol. The maximum Gasteiger partial charge on any atom is 0.251 e. The molecule has 4 heteroatoms. The Labute approximate surface area is 50.3 Å². The van der Waals surface area contributed by atoms with Crippen LogP contribution in [0.4, 0.5) is 4.39 Å². The Balaban J connectivity index is 3.13. The second kappa shape index (κ2) is 2.05. The van der Waals surface area contributed by atoms with Gasteiger partial charge in [-0.15, -0.1) is 10.2 Å². The molecule has 1 rings (SSSR count). The van der Waals surface area contributed by atoms with Crippen molar-refractivity contribution in [2.45, 2.75) is 0 Å². The van der Waals surface area contributed by atoms with Crippen LogP contribution in [0.15, 0.2) is 6.07 Å². The van der Waals surface area contributed by atoms with E-state index in [9.17, 15) is 4.39 Å². The molecule has 0 amide bonds. The molecule has 0 bridgehead atoms. The van der Waals surface area contributed by atoms with Gasteiger partial charge in [0, 0.05) is 0 Å². The molecular weight excluding hydrogens is 131 g/mol. The Kier molecular flexibility index (Phi) is 1.39. The first-order valence-corrected chi connectivity index (χ1v) is 2.23. The smallest absolute Gasteiger partial charge is 0.181 e. The highest BCUT2D eigenvalue weighted by atomic mass is 35.5. The summed E-state index contributed by atoms with van der Waals surface area (Å²) < 4.78 is 12.0. The van der Waals surface area contributed by atoms with Gasteiger partial charge in [0.1, 0.15) is 6.20 Å². The van der Waals surface area contributed by atoms with Crippen LogP contribution in [0.5, 0.6) is 0 Å². The van der Waals surface area contributed by atoms with E-state index in [0.29, 0.717) is 0 Å². The lowest BCUT2D eigenvalue weighted by Gasteiger charge is -1.83. The van der Waals surface area contributed by atoms with Crippen molar-refractivity contribution in [2.24, 2.45) is 0 Å². The van der Waals surface area contributed by atoms with Crippen molar-refractivity contribution < 1.29 is 4.39 Å². The number of halogens is 2. The van der Waals surface area contributed by atoms with Gasteiger partial charge in [-0.25, -0.2) is 0 Å². The number of nitrogens with zero attached hydrogens (tertiary/aromatic N) is 2. The van der Waals surface area contributed by atoms with Crippen molar-refractivity contribution in [3.05, 3.63) is 23.2 Å². The zero-order chi connectivity index (χ0) is 5.98. The van der Waals surface area contributed by atoms with Gasteiger partial charge in [-0.05, 0) is 6.07 Å². The first kappa shape index (κ1) is 5.44. The highest BCUT2D eigenvalue weighted by molar-refractivity contribution is 6.30. The van der Waals surface area contributed by atoms with Crippen LogP contribution in [0.2, 0.25) is 5.02 Å². The third kappa shape index (κ3) is 0.924. The zero-order valence-electron chi connectivity index (χ0n) is 3.73. The van der Waals surface area contributed by atoms with Gasteiger partial charge < -0.3 is 0 Å². The van der Waals surface area contributed by atoms with E-state index in [-0.39, 0.29) is 5.02 Å². The van der Waals surface area contributed by atoms with E-state index in [4.69, 9.17) is 11.6 Å². The van der Waals surface area contributed by atoms with Crippen molar-refractivity contribution in [3.63, 3.8) is 0 Å².